The van der Waals surface area contributed by atoms with Crippen LogP contribution in [0.25, 0.3) is 5.03 Å². The number of nitro groups is 1. The Hall–Kier alpha value is -1.61. The molecule has 0 saturated carbocycles. The molecule has 0 radical (unpaired) electrons. The third kappa shape index (κ3) is 3.95. The molecule has 0 aliphatic carbocycles. The van der Waals surface area contributed by atoms with Gasteiger partial charge >= 0.3 is 0 Å². The van der Waals surface area contributed by atoms with E-state index in [1.165, 1.54) is 12.2 Å². The highest BCUT2D eigenvalue weighted by Gasteiger charge is 1.95. The van der Waals surface area contributed by atoms with Crippen LogP contribution in [0.15, 0.2) is 42.6 Å². The number of hydrogen-bond acceptors (Lipinski definition) is 2. The Kier molecular flexibility index (Phi) is 4.06. The molecule has 0 N–H and O–H groups in total. The second kappa shape index (κ2) is 5.32. The molecule has 0 aliphatic rings. The van der Waals surface area contributed by atoms with E-state index in [4.69, 9.17) is 11.6 Å². The van der Waals surface area contributed by atoms with Crippen molar-refractivity contribution in [2.24, 2.45) is 0 Å². The zero-order valence-electron chi connectivity index (χ0n) is 8.18. The van der Waals surface area contributed by atoms with E-state index in [0.717, 1.165) is 17.3 Å². The lowest BCUT2D eigenvalue weighted by molar-refractivity contribution is -0.402. The Morgan fingerprint density at radius 2 is 2.00 bits per heavy atom. The average Bonchev–Trinajstić information content (AvgIpc) is 2.18. The van der Waals surface area contributed by atoms with Gasteiger partial charge in [-0.1, -0.05) is 41.4 Å². The Labute approximate surface area is 92.8 Å². The molecule has 15 heavy (non-hydrogen) atoms. The first-order chi connectivity index (χ1) is 7.09. The minimum absolute atomic E-state index is 0.480. The van der Waals surface area contributed by atoms with Crippen LogP contribution in [0.2, 0.25) is 0 Å². The maximum absolute atomic E-state index is 10.0. The van der Waals surface area contributed by atoms with Crippen molar-refractivity contribution in [1.29, 1.82) is 0 Å². The average molecular weight is 224 g/mol. The number of rotatable bonds is 3. The molecule has 1 rings (SSSR count). The highest BCUT2D eigenvalue weighted by atomic mass is 35.5. The van der Waals surface area contributed by atoms with Crippen molar-refractivity contribution >= 4 is 16.6 Å². The van der Waals surface area contributed by atoms with Crippen LogP contribution in [0.3, 0.4) is 0 Å². The third-order valence-corrected chi connectivity index (χ3v) is 2.12. The fraction of sp³-hybridized carbons (Fsp3) is 0.0909. The first-order valence-electron chi connectivity index (χ1n) is 4.34. The highest BCUT2D eigenvalue weighted by Crippen LogP contribution is 2.18. The molecule has 1 aromatic carbocycles. The minimum atomic E-state index is -0.532. The van der Waals surface area contributed by atoms with Crippen LogP contribution in [0.1, 0.15) is 11.1 Å². The zero-order valence-corrected chi connectivity index (χ0v) is 8.94. The van der Waals surface area contributed by atoms with Crippen molar-refractivity contribution in [3.63, 3.8) is 0 Å². The number of nitrogens with zero attached hydrogens (tertiary/aromatic N) is 1. The molecule has 0 spiro atoms. The third-order valence-electron chi connectivity index (χ3n) is 1.78. The first-order valence-corrected chi connectivity index (χ1v) is 4.72. The molecule has 0 amide bonds. The molecule has 1 aromatic rings. The molecule has 0 aliphatic heterocycles. The van der Waals surface area contributed by atoms with Crippen LogP contribution in [-0.2, 0) is 0 Å². The molecular weight excluding hydrogens is 214 g/mol. The van der Waals surface area contributed by atoms with E-state index in [-0.39, 0.29) is 0 Å². The van der Waals surface area contributed by atoms with Crippen molar-refractivity contribution in [2.45, 2.75) is 6.92 Å². The topological polar surface area (TPSA) is 43.1 Å². The van der Waals surface area contributed by atoms with Gasteiger partial charge in [0.05, 0.1) is 4.92 Å². The molecule has 0 unspecified atom stereocenters. The number of aryl methyl sites for hydroxylation is 1. The van der Waals surface area contributed by atoms with Gasteiger partial charge in [-0.15, -0.1) is 0 Å². The normalized spacial score (nSPS) is 12.0. The van der Waals surface area contributed by atoms with Gasteiger partial charge in [0.15, 0.2) is 0 Å². The van der Waals surface area contributed by atoms with Gasteiger partial charge in [0, 0.05) is 11.1 Å². The van der Waals surface area contributed by atoms with Gasteiger partial charge in [-0.2, -0.15) is 0 Å². The van der Waals surface area contributed by atoms with Crippen LogP contribution < -0.4 is 0 Å². The summed E-state index contributed by atoms with van der Waals surface area (Å²) in [6.07, 6.45) is 3.65. The van der Waals surface area contributed by atoms with Gasteiger partial charge in [-0.25, -0.2) is 0 Å². The lowest BCUT2D eigenvalue weighted by atomic mass is 10.1. The van der Waals surface area contributed by atoms with Gasteiger partial charge in [0.1, 0.15) is 0 Å². The van der Waals surface area contributed by atoms with Crippen LogP contribution in [-0.4, -0.2) is 4.92 Å². The zero-order chi connectivity index (χ0) is 11.3. The molecule has 0 atom stereocenters. The Bertz CT molecular complexity index is 407. The van der Waals surface area contributed by atoms with E-state index < -0.39 is 4.92 Å². The molecule has 3 nitrogen and oxygen atoms in total. The standard InChI is InChI=1S/C11H10ClNO2/c1-9-4-6-10(7-5-9)11(12)3-2-8-13(14)15/h2-8H,1H3. The molecule has 0 aromatic heterocycles. The van der Waals surface area contributed by atoms with E-state index in [1.807, 2.05) is 31.2 Å². The van der Waals surface area contributed by atoms with Crippen LogP contribution in [0.4, 0.5) is 0 Å². The molecule has 0 heterocycles. The van der Waals surface area contributed by atoms with Gasteiger partial charge in [0.2, 0.25) is 6.20 Å². The van der Waals surface area contributed by atoms with Gasteiger partial charge in [-0.3, -0.25) is 10.1 Å². The van der Waals surface area contributed by atoms with E-state index in [9.17, 15) is 10.1 Å². The smallest absolute Gasteiger partial charge is 0.234 e. The quantitative estimate of drug-likeness (QED) is 0.448. The van der Waals surface area contributed by atoms with Gasteiger partial charge in [0.25, 0.3) is 0 Å². The number of benzene rings is 1. The summed E-state index contributed by atoms with van der Waals surface area (Å²) in [6.45, 7) is 1.98. The Morgan fingerprint density at radius 3 is 2.53 bits per heavy atom. The maximum Gasteiger partial charge on any atom is 0.234 e. The van der Waals surface area contributed by atoms with Crippen molar-refractivity contribution in [2.75, 3.05) is 0 Å². The van der Waals surface area contributed by atoms with Crippen molar-refractivity contribution in [1.82, 2.24) is 0 Å². The van der Waals surface area contributed by atoms with Gasteiger partial charge in [-0.05, 0) is 18.6 Å². The second-order valence-electron chi connectivity index (χ2n) is 3.01. The number of hydrogen-bond donors (Lipinski definition) is 0. The van der Waals surface area contributed by atoms with Crippen molar-refractivity contribution < 1.29 is 4.92 Å². The lowest BCUT2D eigenvalue weighted by Gasteiger charge is -1.98. The molecule has 0 fully saturated rings. The second-order valence-corrected chi connectivity index (χ2v) is 3.41. The summed E-state index contributed by atoms with van der Waals surface area (Å²) in [5, 5.41) is 10.5. The maximum atomic E-state index is 10.0. The SMILES string of the molecule is Cc1ccc(C(Cl)=CC=C[N+](=O)[O-])cc1. The fourth-order valence-electron chi connectivity index (χ4n) is 1.01. The minimum Gasteiger partial charge on any atom is -0.259 e. The monoisotopic (exact) mass is 223 g/mol. The van der Waals surface area contributed by atoms with Crippen LogP contribution in [0.5, 0.6) is 0 Å². The summed E-state index contributed by atoms with van der Waals surface area (Å²) in [5.74, 6) is 0. The largest absolute Gasteiger partial charge is 0.259 e. The molecular formula is C11H10ClNO2. The molecule has 0 saturated heterocycles. The van der Waals surface area contributed by atoms with E-state index >= 15 is 0 Å². The summed E-state index contributed by atoms with van der Waals surface area (Å²) < 4.78 is 0. The summed E-state index contributed by atoms with van der Waals surface area (Å²) >= 11 is 5.93. The van der Waals surface area contributed by atoms with Crippen LogP contribution >= 0.6 is 11.6 Å². The predicted molar refractivity (Wildman–Crippen MR) is 61.1 cm³/mol. The molecule has 0 bridgehead atoms. The van der Waals surface area contributed by atoms with Crippen molar-refractivity contribution in [3.8, 4) is 0 Å². The Balaban J connectivity index is 2.80. The highest BCUT2D eigenvalue weighted by molar-refractivity contribution is 6.48. The Morgan fingerprint density at radius 1 is 1.40 bits per heavy atom. The van der Waals surface area contributed by atoms with E-state index in [2.05, 4.69) is 0 Å². The fourth-order valence-corrected chi connectivity index (χ4v) is 1.21. The molecule has 4 heteroatoms. The van der Waals surface area contributed by atoms with E-state index in [0.29, 0.717) is 5.03 Å². The first kappa shape index (κ1) is 11.5. The summed E-state index contributed by atoms with van der Waals surface area (Å²) in [4.78, 5) is 9.48. The summed E-state index contributed by atoms with van der Waals surface area (Å²) in [5.41, 5.74) is 1.99. The van der Waals surface area contributed by atoms with Crippen molar-refractivity contribution in [3.05, 3.63) is 63.9 Å². The summed E-state index contributed by atoms with van der Waals surface area (Å²) in [7, 11) is 0. The van der Waals surface area contributed by atoms with E-state index in [1.54, 1.807) is 0 Å². The van der Waals surface area contributed by atoms with Crippen LogP contribution in [0, 0.1) is 17.0 Å². The number of allylic oxidation sites excluding steroid dienone is 2. The summed E-state index contributed by atoms with van der Waals surface area (Å²) in [6, 6.07) is 7.61. The predicted octanol–water partition coefficient (Wildman–Crippen LogP) is 3.37. The number of halogens is 1. The lowest BCUT2D eigenvalue weighted by Crippen LogP contribution is -1.81. The van der Waals surface area contributed by atoms with Gasteiger partial charge < -0.3 is 0 Å². The molecule has 78 valence electrons.